The Morgan fingerprint density at radius 2 is 2.07 bits per heavy atom. The second-order valence-electron chi connectivity index (χ2n) is 3.71. The number of nitrogens with zero attached hydrogens (tertiary/aromatic N) is 1. The number of rotatable bonds is 4. The van der Waals surface area contributed by atoms with Crippen LogP contribution in [0.5, 0.6) is 0 Å². The van der Waals surface area contributed by atoms with E-state index in [9.17, 15) is 4.79 Å². The van der Waals surface area contributed by atoms with E-state index in [1.165, 1.54) is 0 Å². The van der Waals surface area contributed by atoms with E-state index in [0.29, 0.717) is 6.41 Å². The van der Waals surface area contributed by atoms with Crippen LogP contribution in [0.1, 0.15) is 25.0 Å². The summed E-state index contributed by atoms with van der Waals surface area (Å²) in [5, 5.41) is 4.07. The first kappa shape index (κ1) is 11.4. The Balaban J connectivity index is 3.10. The predicted octanol–water partition coefficient (Wildman–Crippen LogP) is 2.10. The molecule has 1 aromatic rings. The lowest BCUT2D eigenvalue weighted by atomic mass is 9.96. The van der Waals surface area contributed by atoms with Crippen molar-refractivity contribution in [1.82, 2.24) is 5.43 Å². The van der Waals surface area contributed by atoms with Gasteiger partial charge in [0.25, 0.3) is 0 Å². The van der Waals surface area contributed by atoms with Gasteiger partial charge in [-0.15, -0.1) is 0 Å². The minimum atomic E-state index is 0.276. The summed E-state index contributed by atoms with van der Waals surface area (Å²) in [6.45, 7) is 6.14. The van der Waals surface area contributed by atoms with Crippen LogP contribution in [0.4, 0.5) is 0 Å². The summed E-state index contributed by atoms with van der Waals surface area (Å²) in [5.74, 6) is 0.276. The summed E-state index contributed by atoms with van der Waals surface area (Å²) in [4.78, 5) is 10.2. The maximum Gasteiger partial charge on any atom is 0.227 e. The first-order valence-electron chi connectivity index (χ1n) is 4.99. The Hall–Kier alpha value is -1.64. The van der Waals surface area contributed by atoms with Crippen molar-refractivity contribution in [1.29, 1.82) is 0 Å². The fourth-order valence-electron chi connectivity index (χ4n) is 1.46. The van der Waals surface area contributed by atoms with Gasteiger partial charge in [-0.05, 0) is 18.4 Å². The molecule has 0 saturated carbocycles. The van der Waals surface area contributed by atoms with Crippen LogP contribution >= 0.6 is 0 Å². The van der Waals surface area contributed by atoms with Crippen LogP contribution in [-0.2, 0) is 4.79 Å². The fraction of sp³-hybridized carbons (Fsp3) is 0.333. The molecule has 1 amide bonds. The molecule has 1 N–H and O–H groups in total. The normalized spacial score (nSPS) is 11.6. The number of hydrazone groups is 1. The van der Waals surface area contributed by atoms with Gasteiger partial charge >= 0.3 is 0 Å². The first-order valence-corrected chi connectivity index (χ1v) is 4.99. The Labute approximate surface area is 90.2 Å². The highest BCUT2D eigenvalue weighted by Gasteiger charge is 2.10. The Kier molecular flexibility index (Phi) is 4.03. The minimum absolute atomic E-state index is 0.276. The highest BCUT2D eigenvalue weighted by atomic mass is 16.1. The number of hydrogen-bond donors (Lipinski definition) is 1. The largest absolute Gasteiger partial charge is 0.277 e. The van der Waals surface area contributed by atoms with E-state index in [4.69, 9.17) is 0 Å². The summed E-state index contributed by atoms with van der Waals surface area (Å²) in [7, 11) is 0. The number of amides is 1. The van der Waals surface area contributed by atoms with Crippen molar-refractivity contribution in [2.45, 2.75) is 20.8 Å². The van der Waals surface area contributed by atoms with Gasteiger partial charge in [-0.1, -0.05) is 38.1 Å². The van der Waals surface area contributed by atoms with Crippen LogP contribution in [0.3, 0.4) is 0 Å². The van der Waals surface area contributed by atoms with Crippen molar-refractivity contribution in [3.8, 4) is 0 Å². The summed E-state index contributed by atoms with van der Waals surface area (Å²) in [5.41, 5.74) is 5.52. The molecular formula is C12H16N2O. The van der Waals surface area contributed by atoms with E-state index >= 15 is 0 Å². The van der Waals surface area contributed by atoms with Gasteiger partial charge in [0.15, 0.2) is 0 Å². The van der Waals surface area contributed by atoms with Gasteiger partial charge in [0, 0.05) is 5.56 Å². The average Bonchev–Trinajstić information content (AvgIpc) is 2.20. The predicted molar refractivity (Wildman–Crippen MR) is 61.8 cm³/mol. The van der Waals surface area contributed by atoms with Crippen molar-refractivity contribution < 1.29 is 4.79 Å². The van der Waals surface area contributed by atoms with Crippen molar-refractivity contribution in [3.05, 3.63) is 35.4 Å². The molecule has 0 radical (unpaired) electrons. The zero-order valence-electron chi connectivity index (χ0n) is 9.32. The molecule has 0 saturated heterocycles. The lowest BCUT2D eigenvalue weighted by Gasteiger charge is -2.12. The second kappa shape index (κ2) is 5.29. The summed E-state index contributed by atoms with van der Waals surface area (Å²) >= 11 is 0. The Morgan fingerprint density at radius 1 is 1.40 bits per heavy atom. The molecule has 0 aliphatic rings. The van der Waals surface area contributed by atoms with Crippen molar-refractivity contribution in [3.63, 3.8) is 0 Å². The third-order valence-electron chi connectivity index (χ3n) is 2.21. The van der Waals surface area contributed by atoms with Crippen LogP contribution in [0.15, 0.2) is 29.4 Å². The van der Waals surface area contributed by atoms with E-state index in [2.05, 4.69) is 24.4 Å². The zero-order chi connectivity index (χ0) is 11.3. The van der Waals surface area contributed by atoms with Gasteiger partial charge in [0.2, 0.25) is 6.41 Å². The molecule has 0 aliphatic heterocycles. The second-order valence-corrected chi connectivity index (χ2v) is 3.71. The molecule has 0 aliphatic carbocycles. The van der Waals surface area contributed by atoms with E-state index in [1.807, 2.05) is 31.2 Å². The summed E-state index contributed by atoms with van der Waals surface area (Å²) in [6.07, 6.45) is 0.584. The number of benzene rings is 1. The first-order chi connectivity index (χ1) is 7.16. The van der Waals surface area contributed by atoms with Crippen molar-refractivity contribution in [2.24, 2.45) is 11.0 Å². The standard InChI is InChI=1S/C12H16N2O/c1-9(2)12(14-13-8-15)11-7-5-4-6-10(11)3/h4-9H,1-3H3,(H,13,15). The molecule has 0 heterocycles. The van der Waals surface area contributed by atoms with Crippen LogP contribution in [0, 0.1) is 12.8 Å². The quantitative estimate of drug-likeness (QED) is 0.455. The van der Waals surface area contributed by atoms with E-state index < -0.39 is 0 Å². The van der Waals surface area contributed by atoms with Crippen molar-refractivity contribution >= 4 is 12.1 Å². The SMILES string of the molecule is Cc1ccccc1C(=NNC=O)C(C)C. The molecule has 0 spiro atoms. The zero-order valence-corrected chi connectivity index (χ0v) is 9.32. The van der Waals surface area contributed by atoms with Gasteiger partial charge in [0.05, 0.1) is 5.71 Å². The highest BCUT2D eigenvalue weighted by molar-refractivity contribution is 6.03. The van der Waals surface area contributed by atoms with E-state index in [1.54, 1.807) is 0 Å². The number of aryl methyl sites for hydroxylation is 1. The van der Waals surface area contributed by atoms with Gasteiger partial charge in [-0.2, -0.15) is 5.10 Å². The Morgan fingerprint density at radius 3 is 2.60 bits per heavy atom. The third kappa shape index (κ3) is 2.91. The lowest BCUT2D eigenvalue weighted by Crippen LogP contribution is -2.16. The molecule has 80 valence electrons. The molecule has 0 bridgehead atoms. The molecule has 3 heteroatoms. The molecule has 3 nitrogen and oxygen atoms in total. The van der Waals surface area contributed by atoms with Gasteiger partial charge in [-0.25, -0.2) is 5.43 Å². The molecule has 0 atom stereocenters. The molecule has 0 aromatic heterocycles. The van der Waals surface area contributed by atoms with Crippen LogP contribution < -0.4 is 5.43 Å². The van der Waals surface area contributed by atoms with Gasteiger partial charge < -0.3 is 0 Å². The molecule has 0 fully saturated rings. The topological polar surface area (TPSA) is 41.5 Å². The number of carbonyl (C=O) groups excluding carboxylic acids is 1. The van der Waals surface area contributed by atoms with Gasteiger partial charge in [0.1, 0.15) is 0 Å². The van der Waals surface area contributed by atoms with E-state index in [0.717, 1.165) is 16.8 Å². The maximum absolute atomic E-state index is 10.2. The average molecular weight is 204 g/mol. The molecule has 1 rings (SSSR count). The monoisotopic (exact) mass is 204 g/mol. The molecular weight excluding hydrogens is 188 g/mol. The third-order valence-corrected chi connectivity index (χ3v) is 2.21. The van der Waals surface area contributed by atoms with Crippen molar-refractivity contribution in [2.75, 3.05) is 0 Å². The molecule has 0 unspecified atom stereocenters. The highest BCUT2D eigenvalue weighted by Crippen LogP contribution is 2.13. The summed E-state index contributed by atoms with van der Waals surface area (Å²) < 4.78 is 0. The molecule has 1 aromatic carbocycles. The number of nitrogens with one attached hydrogen (secondary N) is 1. The molecule has 15 heavy (non-hydrogen) atoms. The summed E-state index contributed by atoms with van der Waals surface area (Å²) in [6, 6.07) is 8.01. The van der Waals surface area contributed by atoms with Gasteiger partial charge in [-0.3, -0.25) is 4.79 Å². The van der Waals surface area contributed by atoms with E-state index in [-0.39, 0.29) is 5.92 Å². The van der Waals surface area contributed by atoms with Crippen LogP contribution in [0.2, 0.25) is 0 Å². The van der Waals surface area contributed by atoms with Crippen LogP contribution in [-0.4, -0.2) is 12.1 Å². The van der Waals surface area contributed by atoms with Crippen LogP contribution in [0.25, 0.3) is 0 Å². The maximum atomic E-state index is 10.2. The number of hydrogen-bond acceptors (Lipinski definition) is 2. The lowest BCUT2D eigenvalue weighted by molar-refractivity contribution is -0.109. The Bertz CT molecular complexity index is 370. The fourth-order valence-corrected chi connectivity index (χ4v) is 1.46. The smallest absolute Gasteiger partial charge is 0.227 e. The number of carbonyl (C=O) groups is 1. The minimum Gasteiger partial charge on any atom is -0.277 e.